The van der Waals surface area contributed by atoms with E-state index in [1.165, 1.54) is 20.3 Å². The van der Waals surface area contributed by atoms with Crippen molar-refractivity contribution in [2.45, 2.75) is 12.8 Å². The SMILES string of the molecule is NCCc1sc(Cc2ccccc2)nc1-c1cccs1. The third kappa shape index (κ3) is 2.98. The molecule has 20 heavy (non-hydrogen) atoms. The fourth-order valence-corrected chi connectivity index (χ4v) is 4.09. The number of thiophene rings is 1. The summed E-state index contributed by atoms with van der Waals surface area (Å²) in [6.45, 7) is 0.672. The van der Waals surface area contributed by atoms with Crippen LogP contribution < -0.4 is 5.73 Å². The zero-order valence-electron chi connectivity index (χ0n) is 11.1. The Morgan fingerprint density at radius 3 is 2.60 bits per heavy atom. The highest BCUT2D eigenvalue weighted by Crippen LogP contribution is 2.32. The van der Waals surface area contributed by atoms with Crippen LogP contribution in [0.5, 0.6) is 0 Å². The van der Waals surface area contributed by atoms with Crippen LogP contribution in [0.15, 0.2) is 47.8 Å². The van der Waals surface area contributed by atoms with Gasteiger partial charge in [-0.3, -0.25) is 0 Å². The molecular formula is C16H16N2S2. The minimum atomic E-state index is 0.672. The molecule has 1 aromatic carbocycles. The summed E-state index contributed by atoms with van der Waals surface area (Å²) < 4.78 is 0. The maximum atomic E-state index is 5.73. The lowest BCUT2D eigenvalue weighted by Crippen LogP contribution is -2.01. The quantitative estimate of drug-likeness (QED) is 0.774. The predicted molar refractivity (Wildman–Crippen MR) is 87.4 cm³/mol. The van der Waals surface area contributed by atoms with Crippen molar-refractivity contribution >= 4 is 22.7 Å². The van der Waals surface area contributed by atoms with Crippen LogP contribution in [0.1, 0.15) is 15.4 Å². The minimum Gasteiger partial charge on any atom is -0.330 e. The first-order valence-corrected chi connectivity index (χ1v) is 8.33. The molecule has 0 aliphatic rings. The van der Waals surface area contributed by atoms with E-state index in [9.17, 15) is 0 Å². The molecule has 0 aliphatic carbocycles. The van der Waals surface area contributed by atoms with Crippen LogP contribution >= 0.6 is 22.7 Å². The first kappa shape index (κ1) is 13.5. The van der Waals surface area contributed by atoms with E-state index in [1.807, 2.05) is 6.07 Å². The number of nitrogens with two attached hydrogens (primary N) is 1. The summed E-state index contributed by atoms with van der Waals surface area (Å²) in [7, 11) is 0. The molecule has 0 fully saturated rings. The van der Waals surface area contributed by atoms with E-state index in [0.717, 1.165) is 18.5 Å². The summed E-state index contributed by atoms with van der Waals surface area (Å²) in [6.07, 6.45) is 1.80. The third-order valence-corrected chi connectivity index (χ3v) is 5.06. The van der Waals surface area contributed by atoms with Crippen molar-refractivity contribution in [3.8, 4) is 10.6 Å². The average Bonchev–Trinajstić information content (AvgIpc) is 3.10. The standard InChI is InChI=1S/C16H16N2S2/c17-9-8-14-16(13-7-4-10-19-13)18-15(20-14)11-12-5-2-1-3-6-12/h1-7,10H,8-9,11,17H2. The van der Waals surface area contributed by atoms with Crippen LogP contribution in [-0.4, -0.2) is 11.5 Å². The number of nitrogens with zero attached hydrogens (tertiary/aromatic N) is 1. The molecular weight excluding hydrogens is 284 g/mol. The maximum Gasteiger partial charge on any atom is 0.0979 e. The van der Waals surface area contributed by atoms with Gasteiger partial charge in [0.1, 0.15) is 0 Å². The van der Waals surface area contributed by atoms with E-state index in [0.29, 0.717) is 6.54 Å². The van der Waals surface area contributed by atoms with Gasteiger partial charge < -0.3 is 5.73 Å². The second kappa shape index (κ2) is 6.31. The molecule has 4 heteroatoms. The first-order chi connectivity index (χ1) is 9.86. The molecule has 0 radical (unpaired) electrons. The highest BCUT2D eigenvalue weighted by Gasteiger charge is 2.13. The van der Waals surface area contributed by atoms with Gasteiger partial charge in [-0.05, 0) is 30.0 Å². The number of aromatic nitrogens is 1. The van der Waals surface area contributed by atoms with Crippen molar-refractivity contribution < 1.29 is 0 Å². The van der Waals surface area contributed by atoms with Gasteiger partial charge in [0, 0.05) is 11.3 Å². The smallest absolute Gasteiger partial charge is 0.0979 e. The maximum absolute atomic E-state index is 5.73. The molecule has 102 valence electrons. The lowest BCUT2D eigenvalue weighted by molar-refractivity contribution is 0.986. The summed E-state index contributed by atoms with van der Waals surface area (Å²) in [6, 6.07) is 14.7. The van der Waals surface area contributed by atoms with Gasteiger partial charge in [-0.15, -0.1) is 22.7 Å². The molecule has 0 atom stereocenters. The summed E-state index contributed by atoms with van der Waals surface area (Å²) >= 11 is 3.53. The Kier molecular flexibility index (Phi) is 4.25. The number of rotatable bonds is 5. The third-order valence-electron chi connectivity index (χ3n) is 3.07. The molecule has 3 rings (SSSR count). The van der Waals surface area contributed by atoms with Crippen molar-refractivity contribution in [2.75, 3.05) is 6.54 Å². The number of benzene rings is 1. The van der Waals surface area contributed by atoms with Crippen LogP contribution in [0.3, 0.4) is 0 Å². The Morgan fingerprint density at radius 2 is 1.90 bits per heavy atom. The fraction of sp³-hybridized carbons (Fsp3) is 0.188. The lowest BCUT2D eigenvalue weighted by Gasteiger charge is -1.96. The largest absolute Gasteiger partial charge is 0.330 e. The first-order valence-electron chi connectivity index (χ1n) is 6.63. The van der Waals surface area contributed by atoms with Crippen LogP contribution in [0.25, 0.3) is 10.6 Å². The van der Waals surface area contributed by atoms with E-state index in [4.69, 9.17) is 10.7 Å². The Balaban J connectivity index is 1.91. The fourth-order valence-electron chi connectivity index (χ4n) is 2.15. The molecule has 0 amide bonds. The van der Waals surface area contributed by atoms with Gasteiger partial charge in [0.15, 0.2) is 0 Å². The molecule has 0 saturated heterocycles. The average molecular weight is 300 g/mol. The molecule has 0 spiro atoms. The molecule has 2 nitrogen and oxygen atoms in total. The molecule has 3 aromatic rings. The van der Waals surface area contributed by atoms with Gasteiger partial charge in [0.25, 0.3) is 0 Å². The summed E-state index contributed by atoms with van der Waals surface area (Å²) in [5, 5.41) is 3.26. The Bertz CT molecular complexity index is 657. The van der Waals surface area contributed by atoms with Crippen molar-refractivity contribution in [1.82, 2.24) is 4.98 Å². The van der Waals surface area contributed by atoms with Crippen LogP contribution in [0.2, 0.25) is 0 Å². The van der Waals surface area contributed by atoms with Gasteiger partial charge in [0.05, 0.1) is 15.6 Å². The normalized spacial score (nSPS) is 10.8. The van der Waals surface area contributed by atoms with Gasteiger partial charge in [0.2, 0.25) is 0 Å². The van der Waals surface area contributed by atoms with E-state index < -0.39 is 0 Å². The molecule has 0 saturated carbocycles. The van der Waals surface area contributed by atoms with Gasteiger partial charge in [-0.2, -0.15) is 0 Å². The van der Waals surface area contributed by atoms with E-state index in [2.05, 4.69) is 41.8 Å². The second-order valence-corrected chi connectivity index (χ2v) is 6.67. The molecule has 0 aliphatic heterocycles. The number of thiazole rings is 1. The molecule has 2 aromatic heterocycles. The van der Waals surface area contributed by atoms with E-state index >= 15 is 0 Å². The monoisotopic (exact) mass is 300 g/mol. The van der Waals surface area contributed by atoms with Gasteiger partial charge >= 0.3 is 0 Å². The molecule has 0 bridgehead atoms. The van der Waals surface area contributed by atoms with Crippen molar-refractivity contribution in [2.24, 2.45) is 5.73 Å². The number of hydrogen-bond donors (Lipinski definition) is 1. The highest BCUT2D eigenvalue weighted by molar-refractivity contribution is 7.15. The Hall–Kier alpha value is -1.49. The van der Waals surface area contributed by atoms with Crippen LogP contribution in [0, 0.1) is 0 Å². The zero-order valence-corrected chi connectivity index (χ0v) is 12.7. The van der Waals surface area contributed by atoms with Crippen molar-refractivity contribution in [1.29, 1.82) is 0 Å². The summed E-state index contributed by atoms with van der Waals surface area (Å²) in [4.78, 5) is 7.39. The molecule has 2 heterocycles. The second-order valence-electron chi connectivity index (χ2n) is 4.56. The molecule has 0 unspecified atom stereocenters. The van der Waals surface area contributed by atoms with Gasteiger partial charge in [-0.25, -0.2) is 4.98 Å². The molecule has 2 N–H and O–H groups in total. The topological polar surface area (TPSA) is 38.9 Å². The van der Waals surface area contributed by atoms with Crippen molar-refractivity contribution in [3.05, 3.63) is 63.3 Å². The van der Waals surface area contributed by atoms with E-state index in [1.54, 1.807) is 22.7 Å². The summed E-state index contributed by atoms with van der Waals surface area (Å²) in [5.41, 5.74) is 8.16. The highest BCUT2D eigenvalue weighted by atomic mass is 32.1. The minimum absolute atomic E-state index is 0.672. The Morgan fingerprint density at radius 1 is 1.05 bits per heavy atom. The van der Waals surface area contributed by atoms with Crippen LogP contribution in [0.4, 0.5) is 0 Å². The number of hydrogen-bond acceptors (Lipinski definition) is 4. The lowest BCUT2D eigenvalue weighted by atomic mass is 10.2. The van der Waals surface area contributed by atoms with Gasteiger partial charge in [-0.1, -0.05) is 36.4 Å². The van der Waals surface area contributed by atoms with Crippen molar-refractivity contribution in [3.63, 3.8) is 0 Å². The van der Waals surface area contributed by atoms with Crippen LogP contribution in [-0.2, 0) is 12.8 Å². The Labute approximate surface area is 126 Å². The summed E-state index contributed by atoms with van der Waals surface area (Å²) in [5.74, 6) is 0. The zero-order chi connectivity index (χ0) is 13.8. The predicted octanol–water partition coefficient (Wildman–Crippen LogP) is 3.96. The van der Waals surface area contributed by atoms with E-state index in [-0.39, 0.29) is 0 Å².